The summed E-state index contributed by atoms with van der Waals surface area (Å²) in [4.78, 5) is 38.1. The normalized spacial score (nSPS) is 18.3. The van der Waals surface area contributed by atoms with Gasteiger partial charge in [0.25, 0.3) is 5.91 Å². The lowest BCUT2D eigenvalue weighted by Crippen LogP contribution is -2.50. The average Bonchev–Trinajstić information content (AvgIpc) is 2.86. The second-order valence-electron chi connectivity index (χ2n) is 9.91. The predicted octanol–water partition coefficient (Wildman–Crippen LogP) is 2.80. The van der Waals surface area contributed by atoms with Gasteiger partial charge in [0.2, 0.25) is 11.8 Å². The van der Waals surface area contributed by atoms with Gasteiger partial charge >= 0.3 is 0 Å². The van der Waals surface area contributed by atoms with Crippen LogP contribution in [-0.4, -0.2) is 75.6 Å². The van der Waals surface area contributed by atoms with Gasteiger partial charge in [-0.1, -0.05) is 32.6 Å². The van der Waals surface area contributed by atoms with E-state index in [4.69, 9.17) is 4.74 Å². The fourth-order valence-corrected chi connectivity index (χ4v) is 3.93. The van der Waals surface area contributed by atoms with Crippen LogP contribution in [0.5, 0.6) is 5.88 Å². The molecule has 0 spiro atoms. The number of hydrogen-bond donors (Lipinski definition) is 1. The minimum absolute atomic E-state index is 0.0420. The number of pyridine rings is 2. The van der Waals surface area contributed by atoms with E-state index < -0.39 is 6.10 Å². The van der Waals surface area contributed by atoms with Crippen molar-refractivity contribution in [2.24, 2.45) is 11.8 Å². The highest BCUT2D eigenvalue weighted by atomic mass is 16.5. The maximum Gasteiger partial charge on any atom is 0.259 e. The molecule has 1 aliphatic rings. The molecule has 2 amide bonds. The summed E-state index contributed by atoms with van der Waals surface area (Å²) >= 11 is 0. The van der Waals surface area contributed by atoms with Gasteiger partial charge in [0.15, 0.2) is 0 Å². The number of aliphatic hydroxyl groups is 1. The summed E-state index contributed by atoms with van der Waals surface area (Å²) < 4.78 is 6.28. The van der Waals surface area contributed by atoms with E-state index in [1.54, 1.807) is 41.5 Å². The fourth-order valence-electron chi connectivity index (χ4n) is 3.93. The number of aliphatic hydroxyl groups excluding tert-OH is 1. The molecule has 0 saturated heterocycles. The molecule has 1 N–H and O–H groups in total. The summed E-state index contributed by atoms with van der Waals surface area (Å²) in [5, 5.41) is 9.83. The Morgan fingerprint density at radius 3 is 2.69 bits per heavy atom. The SMILES string of the molecule is CC(C)CC#Cc1cnc2c(c1)C(=O)N([C@H](C)CO)C[C@@H](C)[C@H](CN(C)C(=O)Cc1ccncc1)O2. The molecule has 2 aromatic heterocycles. The summed E-state index contributed by atoms with van der Waals surface area (Å²) in [6, 6.07) is 4.97. The molecule has 8 nitrogen and oxygen atoms in total. The maximum atomic E-state index is 13.5. The largest absolute Gasteiger partial charge is 0.472 e. The number of ether oxygens (including phenoxy) is 1. The molecule has 0 radical (unpaired) electrons. The Bertz CT molecular complexity index is 1110. The van der Waals surface area contributed by atoms with E-state index in [1.165, 1.54) is 0 Å². The summed E-state index contributed by atoms with van der Waals surface area (Å²) in [6.45, 7) is 8.53. The molecule has 0 aliphatic carbocycles. The van der Waals surface area contributed by atoms with E-state index in [-0.39, 0.29) is 42.7 Å². The number of nitrogens with zero attached hydrogens (tertiary/aromatic N) is 4. The highest BCUT2D eigenvalue weighted by Gasteiger charge is 2.34. The van der Waals surface area contributed by atoms with Crippen LogP contribution in [-0.2, 0) is 11.2 Å². The third-order valence-corrected chi connectivity index (χ3v) is 6.25. The van der Waals surface area contributed by atoms with E-state index >= 15 is 0 Å². The molecule has 3 rings (SSSR count). The minimum atomic E-state index is -0.401. The van der Waals surface area contributed by atoms with E-state index in [2.05, 4.69) is 35.7 Å². The van der Waals surface area contributed by atoms with Gasteiger partial charge in [-0.05, 0) is 36.6 Å². The third-order valence-electron chi connectivity index (χ3n) is 6.25. The van der Waals surface area contributed by atoms with Crippen molar-refractivity contribution in [3.05, 3.63) is 53.5 Å². The first-order valence-electron chi connectivity index (χ1n) is 12.4. The molecule has 0 unspecified atom stereocenters. The molecule has 0 bridgehead atoms. The number of rotatable bonds is 7. The van der Waals surface area contributed by atoms with Gasteiger partial charge in [0.05, 0.1) is 25.6 Å². The van der Waals surface area contributed by atoms with E-state index in [1.807, 2.05) is 26.0 Å². The Kier molecular flexibility index (Phi) is 9.43. The molecule has 0 saturated carbocycles. The van der Waals surface area contributed by atoms with Crippen molar-refractivity contribution in [1.82, 2.24) is 19.8 Å². The van der Waals surface area contributed by atoms with Crippen molar-refractivity contribution in [3.63, 3.8) is 0 Å². The van der Waals surface area contributed by atoms with E-state index in [9.17, 15) is 14.7 Å². The van der Waals surface area contributed by atoms with Crippen molar-refractivity contribution in [2.45, 2.75) is 52.7 Å². The molecule has 0 aromatic carbocycles. The van der Waals surface area contributed by atoms with Crippen LogP contribution in [0, 0.1) is 23.7 Å². The second-order valence-corrected chi connectivity index (χ2v) is 9.91. The lowest BCUT2D eigenvalue weighted by molar-refractivity contribution is -0.130. The first kappa shape index (κ1) is 27.2. The zero-order valence-corrected chi connectivity index (χ0v) is 21.8. The molecular formula is C28H36N4O4. The molecule has 0 fully saturated rings. The number of fused-ring (bicyclic) bond motifs is 1. The monoisotopic (exact) mass is 492 g/mol. The van der Waals surface area contributed by atoms with Crippen LogP contribution >= 0.6 is 0 Å². The van der Waals surface area contributed by atoms with Crippen LogP contribution in [0.4, 0.5) is 0 Å². The predicted molar refractivity (Wildman–Crippen MR) is 137 cm³/mol. The van der Waals surface area contributed by atoms with Crippen LogP contribution in [0.25, 0.3) is 0 Å². The van der Waals surface area contributed by atoms with Gasteiger partial charge in [-0.15, -0.1) is 0 Å². The minimum Gasteiger partial charge on any atom is -0.472 e. The van der Waals surface area contributed by atoms with Crippen molar-refractivity contribution in [2.75, 3.05) is 26.7 Å². The number of hydrogen-bond acceptors (Lipinski definition) is 6. The van der Waals surface area contributed by atoms with Crippen molar-refractivity contribution < 1.29 is 19.4 Å². The number of carbonyl (C=O) groups excluding carboxylic acids is 2. The Balaban J connectivity index is 1.87. The highest BCUT2D eigenvalue weighted by Crippen LogP contribution is 2.27. The fraction of sp³-hybridized carbons (Fsp3) is 0.500. The highest BCUT2D eigenvalue weighted by molar-refractivity contribution is 5.97. The smallest absolute Gasteiger partial charge is 0.259 e. The van der Waals surface area contributed by atoms with Gasteiger partial charge in [0, 0.05) is 50.1 Å². The van der Waals surface area contributed by atoms with Crippen LogP contribution in [0.3, 0.4) is 0 Å². The Labute approximate surface area is 213 Å². The number of carbonyl (C=O) groups is 2. The molecule has 3 heterocycles. The lowest BCUT2D eigenvalue weighted by Gasteiger charge is -2.37. The van der Waals surface area contributed by atoms with Crippen molar-refractivity contribution in [1.29, 1.82) is 0 Å². The maximum absolute atomic E-state index is 13.5. The zero-order valence-electron chi connectivity index (χ0n) is 21.8. The van der Waals surface area contributed by atoms with Crippen LogP contribution < -0.4 is 4.74 Å². The van der Waals surface area contributed by atoms with Gasteiger partial charge in [-0.3, -0.25) is 14.6 Å². The quantitative estimate of drug-likeness (QED) is 0.597. The number of amides is 2. The van der Waals surface area contributed by atoms with Crippen molar-refractivity contribution >= 4 is 11.8 Å². The van der Waals surface area contributed by atoms with Gasteiger partial charge in [0.1, 0.15) is 11.7 Å². The molecule has 1 aliphatic heterocycles. The summed E-state index contributed by atoms with van der Waals surface area (Å²) in [6.07, 6.45) is 5.55. The third kappa shape index (κ3) is 7.05. The van der Waals surface area contributed by atoms with Crippen LogP contribution in [0.2, 0.25) is 0 Å². The molecule has 2 aromatic rings. The van der Waals surface area contributed by atoms with Gasteiger partial charge in [-0.2, -0.15) is 0 Å². The van der Waals surface area contributed by atoms with E-state index in [0.717, 1.165) is 12.0 Å². The Morgan fingerprint density at radius 2 is 2.03 bits per heavy atom. The first-order valence-corrected chi connectivity index (χ1v) is 12.4. The zero-order chi connectivity index (χ0) is 26.2. The van der Waals surface area contributed by atoms with Crippen LogP contribution in [0.15, 0.2) is 36.8 Å². The number of likely N-dealkylation sites (N-methyl/N-ethyl adjacent to an activating group) is 1. The molecule has 8 heteroatoms. The second kappa shape index (κ2) is 12.5. The molecule has 3 atom stereocenters. The number of aromatic nitrogens is 2. The first-order chi connectivity index (χ1) is 17.2. The van der Waals surface area contributed by atoms with Crippen molar-refractivity contribution in [3.8, 4) is 17.7 Å². The Hall–Kier alpha value is -3.44. The molecule has 36 heavy (non-hydrogen) atoms. The summed E-state index contributed by atoms with van der Waals surface area (Å²) in [5.74, 6) is 6.47. The molecular weight excluding hydrogens is 456 g/mol. The average molecular weight is 493 g/mol. The van der Waals surface area contributed by atoms with Gasteiger partial charge in [-0.25, -0.2) is 4.98 Å². The summed E-state index contributed by atoms with van der Waals surface area (Å²) in [5.41, 5.74) is 1.84. The topological polar surface area (TPSA) is 95.9 Å². The Morgan fingerprint density at radius 1 is 1.31 bits per heavy atom. The van der Waals surface area contributed by atoms with Gasteiger partial charge < -0.3 is 19.6 Å². The van der Waals surface area contributed by atoms with Crippen LogP contribution in [0.1, 0.15) is 55.6 Å². The molecule has 192 valence electrons. The standard InChI is InChI=1S/C28H36N4O4/c1-19(2)7-6-8-23-13-24-27(30-15-23)36-25(20(3)16-32(28(24)35)21(4)18-33)17-31(5)26(34)14-22-9-11-29-12-10-22/h9-13,15,19-21,25,33H,7,14,16-18H2,1-5H3/t20-,21-,25+/m1/s1. The summed E-state index contributed by atoms with van der Waals surface area (Å²) in [7, 11) is 1.75. The lowest BCUT2D eigenvalue weighted by atomic mass is 9.99. The van der Waals surface area contributed by atoms with E-state index in [0.29, 0.717) is 30.1 Å².